The number of ether oxygens (including phenoxy) is 1. The third-order valence-corrected chi connectivity index (χ3v) is 5.50. The maximum Gasteiger partial charge on any atom is 0.261 e. The first-order valence-electron chi connectivity index (χ1n) is 8.02. The Hall–Kier alpha value is -0.850. The van der Waals surface area contributed by atoms with Gasteiger partial charge in [0.1, 0.15) is 0 Å². The SMILES string of the molecule is CCOCCCN=C1SC[C@@H](CC)N1C(=O)c1ccccc1Br. The minimum Gasteiger partial charge on any atom is -0.382 e. The maximum atomic E-state index is 13.0. The van der Waals surface area contributed by atoms with Crippen molar-refractivity contribution < 1.29 is 9.53 Å². The Kier molecular flexibility index (Phi) is 7.59. The second kappa shape index (κ2) is 9.45. The van der Waals surface area contributed by atoms with Gasteiger partial charge in [0.25, 0.3) is 5.91 Å². The molecule has 0 bridgehead atoms. The van der Waals surface area contributed by atoms with Gasteiger partial charge in [-0.15, -0.1) is 0 Å². The van der Waals surface area contributed by atoms with Crippen molar-refractivity contribution in [2.24, 2.45) is 4.99 Å². The maximum absolute atomic E-state index is 13.0. The van der Waals surface area contributed by atoms with Crippen LogP contribution in [-0.4, -0.2) is 47.5 Å². The molecule has 4 nitrogen and oxygen atoms in total. The summed E-state index contributed by atoms with van der Waals surface area (Å²) in [6.07, 6.45) is 1.81. The molecule has 0 N–H and O–H groups in total. The van der Waals surface area contributed by atoms with Gasteiger partial charge in [-0.25, -0.2) is 0 Å². The number of amides is 1. The number of thioether (sulfide) groups is 1. The molecule has 126 valence electrons. The number of benzene rings is 1. The lowest BCUT2D eigenvalue weighted by molar-refractivity contribution is 0.0818. The fraction of sp³-hybridized carbons (Fsp3) is 0.529. The average Bonchev–Trinajstić information content (AvgIpc) is 2.97. The molecule has 0 unspecified atom stereocenters. The molecular formula is C17H23BrN2O2S. The summed E-state index contributed by atoms with van der Waals surface area (Å²) in [6.45, 7) is 6.24. The minimum atomic E-state index is 0.0258. The monoisotopic (exact) mass is 398 g/mol. The van der Waals surface area contributed by atoms with Crippen molar-refractivity contribution >= 4 is 38.8 Å². The molecule has 1 aliphatic heterocycles. The zero-order chi connectivity index (χ0) is 16.7. The van der Waals surface area contributed by atoms with Crippen LogP contribution < -0.4 is 0 Å². The van der Waals surface area contributed by atoms with Crippen molar-refractivity contribution in [2.75, 3.05) is 25.5 Å². The van der Waals surface area contributed by atoms with E-state index in [1.165, 1.54) is 0 Å². The van der Waals surface area contributed by atoms with Crippen molar-refractivity contribution in [3.63, 3.8) is 0 Å². The standard InChI is InChI=1S/C17H23BrN2O2S/c1-3-13-12-23-17(19-10-7-11-22-4-2)20(13)16(21)14-8-5-6-9-15(14)18/h5-6,8-9,13H,3-4,7,10-12H2,1-2H3/t13-/m1/s1. The second-order valence-corrected chi connectivity index (χ2v) is 7.08. The molecule has 23 heavy (non-hydrogen) atoms. The lowest BCUT2D eigenvalue weighted by Crippen LogP contribution is -2.39. The third kappa shape index (κ3) is 4.81. The second-order valence-electron chi connectivity index (χ2n) is 5.24. The van der Waals surface area contributed by atoms with Crippen molar-refractivity contribution in [2.45, 2.75) is 32.7 Å². The summed E-state index contributed by atoms with van der Waals surface area (Å²) in [5.41, 5.74) is 0.690. The van der Waals surface area contributed by atoms with Gasteiger partial charge in [0, 0.05) is 36.0 Å². The molecule has 0 aromatic heterocycles. The van der Waals surface area contributed by atoms with E-state index in [1.807, 2.05) is 36.1 Å². The number of hydrogen-bond donors (Lipinski definition) is 0. The largest absolute Gasteiger partial charge is 0.382 e. The summed E-state index contributed by atoms with van der Waals surface area (Å²) in [7, 11) is 0. The van der Waals surface area contributed by atoms with E-state index < -0.39 is 0 Å². The van der Waals surface area contributed by atoms with Gasteiger partial charge in [-0.2, -0.15) is 0 Å². The van der Waals surface area contributed by atoms with Crippen LogP contribution >= 0.6 is 27.7 Å². The Labute approximate surface area is 150 Å². The van der Waals surface area contributed by atoms with Gasteiger partial charge in [0.2, 0.25) is 0 Å². The summed E-state index contributed by atoms with van der Waals surface area (Å²) in [6, 6.07) is 7.77. The molecule has 1 aromatic carbocycles. The number of rotatable bonds is 7. The predicted molar refractivity (Wildman–Crippen MR) is 100 cm³/mol. The molecule has 1 aromatic rings. The molecule has 1 aliphatic rings. The summed E-state index contributed by atoms with van der Waals surface area (Å²) in [5, 5.41) is 0.842. The van der Waals surface area contributed by atoms with Crippen LogP contribution in [-0.2, 0) is 4.74 Å². The Morgan fingerprint density at radius 1 is 1.43 bits per heavy atom. The zero-order valence-electron chi connectivity index (χ0n) is 13.6. The quantitative estimate of drug-likeness (QED) is 0.646. The summed E-state index contributed by atoms with van der Waals surface area (Å²) < 4.78 is 6.16. The van der Waals surface area contributed by atoms with E-state index in [0.717, 1.165) is 34.8 Å². The van der Waals surface area contributed by atoms with E-state index in [9.17, 15) is 4.79 Å². The summed E-state index contributed by atoms with van der Waals surface area (Å²) in [4.78, 5) is 19.5. The van der Waals surface area contributed by atoms with Gasteiger partial charge < -0.3 is 4.74 Å². The van der Waals surface area contributed by atoms with Gasteiger partial charge in [0.05, 0.1) is 5.56 Å². The molecule has 1 atom stereocenters. The fourth-order valence-electron chi connectivity index (χ4n) is 2.40. The van der Waals surface area contributed by atoms with Crippen LogP contribution in [0.5, 0.6) is 0 Å². The topological polar surface area (TPSA) is 41.9 Å². The Morgan fingerprint density at radius 3 is 2.91 bits per heavy atom. The highest BCUT2D eigenvalue weighted by atomic mass is 79.9. The molecule has 1 amide bonds. The van der Waals surface area contributed by atoms with Gasteiger partial charge >= 0.3 is 0 Å². The van der Waals surface area contributed by atoms with E-state index in [1.54, 1.807) is 11.8 Å². The highest BCUT2D eigenvalue weighted by molar-refractivity contribution is 9.10. The Bertz CT molecular complexity index is 565. The lowest BCUT2D eigenvalue weighted by atomic mass is 10.1. The minimum absolute atomic E-state index is 0.0258. The zero-order valence-corrected chi connectivity index (χ0v) is 16.0. The van der Waals surface area contributed by atoms with Crippen LogP contribution in [0.25, 0.3) is 0 Å². The number of amidine groups is 1. The molecule has 0 spiro atoms. The van der Waals surface area contributed by atoms with Crippen molar-refractivity contribution in [1.29, 1.82) is 0 Å². The Morgan fingerprint density at radius 2 is 2.22 bits per heavy atom. The van der Waals surface area contributed by atoms with Gasteiger partial charge in [-0.1, -0.05) is 30.8 Å². The van der Waals surface area contributed by atoms with Crippen LogP contribution in [0.4, 0.5) is 0 Å². The molecule has 1 fully saturated rings. The molecule has 0 saturated carbocycles. The van der Waals surface area contributed by atoms with Gasteiger partial charge in [-0.05, 0) is 47.8 Å². The average molecular weight is 399 g/mol. The number of carbonyl (C=O) groups excluding carboxylic acids is 1. The number of halogens is 1. The number of nitrogens with zero attached hydrogens (tertiary/aromatic N) is 2. The molecule has 6 heteroatoms. The normalized spacial score (nSPS) is 19.5. The van der Waals surface area contributed by atoms with Crippen LogP contribution in [0.3, 0.4) is 0 Å². The van der Waals surface area contributed by atoms with Crippen molar-refractivity contribution in [1.82, 2.24) is 4.90 Å². The van der Waals surface area contributed by atoms with Crippen LogP contribution in [0.2, 0.25) is 0 Å². The van der Waals surface area contributed by atoms with E-state index >= 15 is 0 Å². The van der Waals surface area contributed by atoms with Gasteiger partial charge in [-0.3, -0.25) is 14.7 Å². The first kappa shape index (κ1) is 18.5. The van der Waals surface area contributed by atoms with Crippen LogP contribution in [0.1, 0.15) is 37.0 Å². The molecule has 0 aliphatic carbocycles. The summed E-state index contributed by atoms with van der Waals surface area (Å²) in [5.74, 6) is 0.939. The van der Waals surface area contributed by atoms with Crippen molar-refractivity contribution in [3.05, 3.63) is 34.3 Å². The number of hydrogen-bond acceptors (Lipinski definition) is 4. The van der Waals surface area contributed by atoms with Crippen LogP contribution in [0, 0.1) is 0 Å². The van der Waals surface area contributed by atoms with E-state index in [2.05, 4.69) is 27.8 Å². The Balaban J connectivity index is 2.12. The smallest absolute Gasteiger partial charge is 0.261 e. The number of carbonyl (C=O) groups is 1. The summed E-state index contributed by atoms with van der Waals surface area (Å²) >= 11 is 5.15. The molecule has 1 saturated heterocycles. The highest BCUT2D eigenvalue weighted by Crippen LogP contribution is 2.29. The van der Waals surface area contributed by atoms with E-state index in [-0.39, 0.29) is 11.9 Å². The van der Waals surface area contributed by atoms with E-state index in [0.29, 0.717) is 18.7 Å². The molecule has 2 rings (SSSR count). The highest BCUT2D eigenvalue weighted by Gasteiger charge is 2.34. The lowest BCUT2D eigenvalue weighted by Gasteiger charge is -2.23. The third-order valence-electron chi connectivity index (χ3n) is 3.67. The van der Waals surface area contributed by atoms with E-state index in [4.69, 9.17) is 4.74 Å². The van der Waals surface area contributed by atoms with Crippen molar-refractivity contribution in [3.8, 4) is 0 Å². The first-order valence-corrected chi connectivity index (χ1v) is 9.80. The predicted octanol–water partition coefficient (Wildman–Crippen LogP) is 4.20. The molecule has 0 radical (unpaired) electrons. The number of aliphatic imine (C=N–C) groups is 1. The molecular weight excluding hydrogens is 376 g/mol. The van der Waals surface area contributed by atoms with Gasteiger partial charge in [0.15, 0.2) is 5.17 Å². The first-order chi connectivity index (χ1) is 11.2. The fourth-order valence-corrected chi connectivity index (χ4v) is 4.13. The van der Waals surface area contributed by atoms with Crippen LogP contribution in [0.15, 0.2) is 33.7 Å². The molecule has 1 heterocycles.